The van der Waals surface area contributed by atoms with Crippen LogP contribution in [0.25, 0.3) is 0 Å². The number of unbranched alkanes of at least 4 members (excludes halogenated alkanes) is 1. The Balaban J connectivity index is 1.87. The van der Waals surface area contributed by atoms with Crippen LogP contribution in [0.3, 0.4) is 0 Å². The molecule has 0 aliphatic heterocycles. The van der Waals surface area contributed by atoms with Crippen LogP contribution < -0.4 is 29.6 Å². The molecule has 190 valence electrons. The lowest BCUT2D eigenvalue weighted by Gasteiger charge is -2.22. The Morgan fingerprint density at radius 1 is 0.722 bits per heavy atom. The minimum absolute atomic E-state index is 0.361. The van der Waals surface area contributed by atoms with Crippen molar-refractivity contribution in [2.75, 3.05) is 27.9 Å². The van der Waals surface area contributed by atoms with Gasteiger partial charge in [-0.15, -0.1) is 0 Å². The van der Waals surface area contributed by atoms with Gasteiger partial charge in [0.05, 0.1) is 27.9 Å². The molecular weight excluding hydrogens is 460 g/mol. The molecule has 0 heterocycles. The smallest absolute Gasteiger partial charge is 0.253 e. The molecule has 2 N–H and O–H groups in total. The first kappa shape index (κ1) is 26.4. The zero-order valence-electron chi connectivity index (χ0n) is 21.0. The van der Waals surface area contributed by atoms with Crippen molar-refractivity contribution in [1.82, 2.24) is 10.6 Å². The molecule has 0 aliphatic rings. The minimum Gasteiger partial charge on any atom is -0.497 e. The average molecular weight is 493 g/mol. The summed E-state index contributed by atoms with van der Waals surface area (Å²) < 4.78 is 21.7. The number of nitrogens with one attached hydrogen (secondary N) is 2. The predicted octanol–water partition coefficient (Wildman–Crippen LogP) is 4.75. The van der Waals surface area contributed by atoms with E-state index in [-0.39, 0.29) is 11.8 Å². The van der Waals surface area contributed by atoms with E-state index in [1.54, 1.807) is 88.1 Å². The molecule has 3 aromatic rings. The van der Waals surface area contributed by atoms with E-state index in [0.29, 0.717) is 46.3 Å². The Morgan fingerprint density at radius 2 is 1.25 bits per heavy atom. The van der Waals surface area contributed by atoms with E-state index >= 15 is 0 Å². The number of rotatable bonds is 12. The van der Waals surface area contributed by atoms with E-state index in [4.69, 9.17) is 18.9 Å². The number of carbonyl (C=O) groups excluding carboxylic acids is 2. The molecule has 0 aliphatic carbocycles. The van der Waals surface area contributed by atoms with Gasteiger partial charge in [-0.05, 0) is 72.6 Å². The molecule has 0 aromatic heterocycles. The molecule has 36 heavy (non-hydrogen) atoms. The quantitative estimate of drug-likeness (QED) is 0.280. The van der Waals surface area contributed by atoms with Gasteiger partial charge in [0.2, 0.25) is 0 Å². The van der Waals surface area contributed by atoms with Crippen LogP contribution in [-0.4, -0.2) is 39.8 Å². The zero-order valence-corrected chi connectivity index (χ0v) is 21.0. The van der Waals surface area contributed by atoms with Gasteiger partial charge in [0, 0.05) is 11.1 Å². The first-order chi connectivity index (χ1) is 17.5. The van der Waals surface area contributed by atoms with Crippen LogP contribution in [0.2, 0.25) is 0 Å². The van der Waals surface area contributed by atoms with Gasteiger partial charge in [-0.25, -0.2) is 0 Å². The maximum atomic E-state index is 13.0. The van der Waals surface area contributed by atoms with E-state index in [2.05, 4.69) is 17.6 Å². The number of methoxy groups -OCH3 is 3. The number of amides is 2. The molecule has 0 fully saturated rings. The van der Waals surface area contributed by atoms with Gasteiger partial charge in [-0.1, -0.05) is 19.4 Å². The fourth-order valence-corrected chi connectivity index (χ4v) is 3.43. The second-order valence-corrected chi connectivity index (χ2v) is 7.95. The zero-order chi connectivity index (χ0) is 25.9. The molecule has 0 atom stereocenters. The van der Waals surface area contributed by atoms with Crippen molar-refractivity contribution >= 4 is 11.8 Å². The van der Waals surface area contributed by atoms with Crippen LogP contribution in [0.5, 0.6) is 23.0 Å². The van der Waals surface area contributed by atoms with Crippen molar-refractivity contribution < 1.29 is 28.5 Å². The fourth-order valence-electron chi connectivity index (χ4n) is 3.43. The molecule has 3 rings (SSSR count). The normalized spacial score (nSPS) is 10.5. The summed E-state index contributed by atoms with van der Waals surface area (Å²) in [6.45, 7) is 2.66. The molecule has 2 amide bonds. The lowest BCUT2D eigenvalue weighted by Crippen LogP contribution is -2.41. The Hall–Kier alpha value is -4.20. The van der Waals surface area contributed by atoms with Crippen LogP contribution in [-0.2, 0) is 0 Å². The van der Waals surface area contributed by atoms with Gasteiger partial charge < -0.3 is 29.6 Å². The van der Waals surface area contributed by atoms with Gasteiger partial charge in [0.15, 0.2) is 11.5 Å². The van der Waals surface area contributed by atoms with Crippen LogP contribution in [0.15, 0.2) is 66.7 Å². The molecule has 0 saturated carbocycles. The molecule has 0 spiro atoms. The van der Waals surface area contributed by atoms with Crippen molar-refractivity contribution in [3.05, 3.63) is 83.4 Å². The van der Waals surface area contributed by atoms with Crippen molar-refractivity contribution in [1.29, 1.82) is 0 Å². The summed E-state index contributed by atoms with van der Waals surface area (Å²) in [4.78, 5) is 26.1. The SMILES string of the molecule is CCCCOc1ccc(C(NC(=O)c2ccc(OC)cc2)NC(=O)c2ccc(OC)cc2)cc1OC. The van der Waals surface area contributed by atoms with Crippen molar-refractivity contribution in [3.8, 4) is 23.0 Å². The molecule has 0 radical (unpaired) electrons. The highest BCUT2D eigenvalue weighted by Gasteiger charge is 2.21. The van der Waals surface area contributed by atoms with Crippen molar-refractivity contribution in [2.24, 2.45) is 0 Å². The highest BCUT2D eigenvalue weighted by Crippen LogP contribution is 2.30. The number of hydrogen-bond donors (Lipinski definition) is 2. The second kappa shape index (κ2) is 13.0. The summed E-state index contributed by atoms with van der Waals surface area (Å²) in [5.41, 5.74) is 1.47. The van der Waals surface area contributed by atoms with Gasteiger partial charge in [-0.2, -0.15) is 0 Å². The fraction of sp³-hybridized carbons (Fsp3) is 0.286. The van der Waals surface area contributed by atoms with Gasteiger partial charge in [0.25, 0.3) is 11.8 Å². The molecule has 3 aromatic carbocycles. The molecule has 0 unspecified atom stereocenters. The number of hydrogen-bond acceptors (Lipinski definition) is 6. The maximum Gasteiger partial charge on any atom is 0.253 e. The Labute approximate surface area is 211 Å². The van der Waals surface area contributed by atoms with Crippen molar-refractivity contribution in [2.45, 2.75) is 25.9 Å². The average Bonchev–Trinajstić information content (AvgIpc) is 2.92. The van der Waals surface area contributed by atoms with Crippen LogP contribution >= 0.6 is 0 Å². The first-order valence-corrected chi connectivity index (χ1v) is 11.7. The van der Waals surface area contributed by atoms with E-state index in [1.807, 2.05) is 0 Å². The topological polar surface area (TPSA) is 95.1 Å². The highest BCUT2D eigenvalue weighted by atomic mass is 16.5. The van der Waals surface area contributed by atoms with Crippen molar-refractivity contribution in [3.63, 3.8) is 0 Å². The van der Waals surface area contributed by atoms with Gasteiger partial charge >= 0.3 is 0 Å². The van der Waals surface area contributed by atoms with E-state index in [1.165, 1.54) is 0 Å². The second-order valence-electron chi connectivity index (χ2n) is 7.95. The van der Waals surface area contributed by atoms with Crippen LogP contribution in [0, 0.1) is 0 Å². The number of benzene rings is 3. The van der Waals surface area contributed by atoms with E-state index < -0.39 is 6.17 Å². The minimum atomic E-state index is -0.840. The van der Waals surface area contributed by atoms with Gasteiger partial charge in [-0.3, -0.25) is 9.59 Å². The summed E-state index contributed by atoms with van der Waals surface area (Å²) >= 11 is 0. The Morgan fingerprint density at radius 3 is 1.69 bits per heavy atom. The van der Waals surface area contributed by atoms with Crippen LogP contribution in [0.1, 0.15) is 52.2 Å². The van der Waals surface area contributed by atoms with Gasteiger partial charge in [0.1, 0.15) is 17.7 Å². The molecule has 0 bridgehead atoms. The first-order valence-electron chi connectivity index (χ1n) is 11.7. The number of ether oxygens (including phenoxy) is 4. The summed E-state index contributed by atoms with van der Waals surface area (Å²) in [7, 11) is 4.67. The highest BCUT2D eigenvalue weighted by molar-refractivity contribution is 5.97. The summed E-state index contributed by atoms with van der Waals surface area (Å²) in [6.07, 6.45) is 1.09. The van der Waals surface area contributed by atoms with Crippen LogP contribution in [0.4, 0.5) is 0 Å². The lowest BCUT2D eigenvalue weighted by molar-refractivity contribution is 0.0883. The van der Waals surface area contributed by atoms with E-state index in [9.17, 15) is 9.59 Å². The third-order valence-corrected chi connectivity index (χ3v) is 5.53. The largest absolute Gasteiger partial charge is 0.497 e. The molecular formula is C28H32N2O6. The third-order valence-electron chi connectivity index (χ3n) is 5.53. The molecule has 8 heteroatoms. The standard InChI is InChI=1S/C28H32N2O6/c1-5-6-17-36-24-16-11-21(18-25(24)35-4)26(29-27(31)19-7-12-22(33-2)13-8-19)30-28(32)20-9-14-23(34-3)15-10-20/h7-16,18,26H,5-6,17H2,1-4H3,(H,29,31)(H,30,32). The molecule has 8 nitrogen and oxygen atoms in total. The monoisotopic (exact) mass is 492 g/mol. The summed E-state index contributed by atoms with van der Waals surface area (Å²) in [5, 5.41) is 5.80. The lowest BCUT2D eigenvalue weighted by atomic mass is 10.1. The molecule has 0 saturated heterocycles. The predicted molar refractivity (Wildman–Crippen MR) is 137 cm³/mol. The Bertz CT molecular complexity index is 1080. The van der Waals surface area contributed by atoms with E-state index in [0.717, 1.165) is 12.8 Å². The maximum absolute atomic E-state index is 13.0. The third kappa shape index (κ3) is 6.91. The Kier molecular flexibility index (Phi) is 9.56. The number of carbonyl (C=O) groups is 2. The summed E-state index contributed by atoms with van der Waals surface area (Å²) in [6, 6.07) is 18.7. The summed E-state index contributed by atoms with van der Waals surface area (Å²) in [5.74, 6) is 1.65.